The molecule has 0 spiro atoms. The molecule has 0 N–H and O–H groups in total. The van der Waals surface area contributed by atoms with Crippen LogP contribution in [0, 0.1) is 0 Å². The van der Waals surface area contributed by atoms with Crippen molar-refractivity contribution in [3.63, 3.8) is 0 Å². The quantitative estimate of drug-likeness (QED) is 0.372. The minimum absolute atomic E-state index is 0.138. The van der Waals surface area contributed by atoms with E-state index in [1.54, 1.807) is 24.3 Å². The monoisotopic (exact) mass is 469 g/mol. The number of carbonyl (C=O) groups is 2. The number of benzene rings is 3. The highest BCUT2D eigenvalue weighted by molar-refractivity contribution is 8.18. The van der Waals surface area contributed by atoms with Crippen LogP contribution >= 0.6 is 35.0 Å². The van der Waals surface area contributed by atoms with Crippen LogP contribution in [-0.2, 0) is 17.9 Å². The average molecular weight is 470 g/mol. The number of amides is 2. The Morgan fingerprint density at radius 1 is 0.871 bits per heavy atom. The van der Waals surface area contributed by atoms with Gasteiger partial charge in [-0.3, -0.25) is 14.5 Å². The molecule has 31 heavy (non-hydrogen) atoms. The van der Waals surface area contributed by atoms with Crippen molar-refractivity contribution in [2.45, 2.75) is 13.2 Å². The van der Waals surface area contributed by atoms with Crippen molar-refractivity contribution in [2.75, 3.05) is 0 Å². The Morgan fingerprint density at radius 3 is 2.45 bits per heavy atom. The molecule has 1 heterocycles. The van der Waals surface area contributed by atoms with E-state index in [1.807, 2.05) is 54.6 Å². The zero-order chi connectivity index (χ0) is 21.8. The van der Waals surface area contributed by atoms with Gasteiger partial charge in [0.2, 0.25) is 0 Å². The molecule has 3 aromatic carbocycles. The standard InChI is InChI=1S/C24H17Cl2NO3S/c25-20-10-9-18(12-21(20)26)14-27-23(28)22(31-24(27)29)13-17-7-4-8-19(11-17)30-15-16-5-2-1-3-6-16/h1-13H,14-15H2/b22-13+. The summed E-state index contributed by atoms with van der Waals surface area (Å²) < 4.78 is 5.84. The van der Waals surface area contributed by atoms with Gasteiger partial charge in [-0.15, -0.1) is 0 Å². The largest absolute Gasteiger partial charge is 0.489 e. The first kappa shape index (κ1) is 21.5. The molecule has 0 saturated carbocycles. The van der Waals surface area contributed by atoms with Crippen molar-refractivity contribution in [2.24, 2.45) is 0 Å². The number of imide groups is 1. The van der Waals surface area contributed by atoms with E-state index < -0.39 is 0 Å². The lowest BCUT2D eigenvalue weighted by atomic mass is 10.2. The summed E-state index contributed by atoms with van der Waals surface area (Å²) in [5.41, 5.74) is 2.58. The second-order valence-corrected chi connectivity index (χ2v) is 8.67. The lowest BCUT2D eigenvalue weighted by Gasteiger charge is -2.13. The Labute approximate surface area is 194 Å². The van der Waals surface area contributed by atoms with Gasteiger partial charge in [0, 0.05) is 0 Å². The second-order valence-electron chi connectivity index (χ2n) is 6.86. The highest BCUT2D eigenvalue weighted by Crippen LogP contribution is 2.34. The van der Waals surface area contributed by atoms with E-state index in [0.29, 0.717) is 27.3 Å². The molecule has 0 aliphatic carbocycles. The predicted octanol–water partition coefficient (Wildman–Crippen LogP) is 6.81. The van der Waals surface area contributed by atoms with Crippen LogP contribution in [0.15, 0.2) is 77.7 Å². The lowest BCUT2D eigenvalue weighted by Crippen LogP contribution is -2.27. The van der Waals surface area contributed by atoms with Crippen LogP contribution in [0.3, 0.4) is 0 Å². The molecule has 3 aromatic rings. The van der Waals surface area contributed by atoms with E-state index in [1.165, 1.54) is 4.90 Å². The smallest absolute Gasteiger partial charge is 0.293 e. The molecule has 1 aliphatic rings. The summed E-state index contributed by atoms with van der Waals surface area (Å²) in [7, 11) is 0. The number of thioether (sulfide) groups is 1. The van der Waals surface area contributed by atoms with E-state index in [9.17, 15) is 9.59 Å². The number of hydrogen-bond donors (Lipinski definition) is 0. The van der Waals surface area contributed by atoms with Crippen LogP contribution in [0.2, 0.25) is 10.0 Å². The molecule has 0 atom stereocenters. The van der Waals surface area contributed by atoms with Crippen LogP contribution in [0.5, 0.6) is 5.75 Å². The number of hydrogen-bond acceptors (Lipinski definition) is 4. The van der Waals surface area contributed by atoms with Gasteiger partial charge in [-0.1, -0.05) is 71.7 Å². The molecule has 4 nitrogen and oxygen atoms in total. The Balaban J connectivity index is 1.46. The maximum Gasteiger partial charge on any atom is 0.293 e. The van der Waals surface area contributed by atoms with Crippen LogP contribution in [0.4, 0.5) is 4.79 Å². The summed E-state index contributed by atoms with van der Waals surface area (Å²) >= 11 is 12.9. The third-order valence-electron chi connectivity index (χ3n) is 4.60. The van der Waals surface area contributed by atoms with E-state index in [-0.39, 0.29) is 17.7 Å². The van der Waals surface area contributed by atoms with E-state index in [0.717, 1.165) is 28.5 Å². The van der Waals surface area contributed by atoms with Gasteiger partial charge in [0.1, 0.15) is 12.4 Å². The van der Waals surface area contributed by atoms with Crippen molar-refractivity contribution in [1.82, 2.24) is 4.90 Å². The SMILES string of the molecule is O=C1S/C(=C/c2cccc(OCc3ccccc3)c2)C(=O)N1Cc1ccc(Cl)c(Cl)c1. The molecule has 2 amide bonds. The zero-order valence-electron chi connectivity index (χ0n) is 16.3. The zero-order valence-corrected chi connectivity index (χ0v) is 18.6. The summed E-state index contributed by atoms with van der Waals surface area (Å²) in [6, 6.07) is 22.3. The Morgan fingerprint density at radius 2 is 1.68 bits per heavy atom. The fraction of sp³-hybridized carbons (Fsp3) is 0.0833. The van der Waals surface area contributed by atoms with Crippen molar-refractivity contribution in [1.29, 1.82) is 0 Å². The van der Waals surface area contributed by atoms with Crippen LogP contribution in [0.25, 0.3) is 6.08 Å². The van der Waals surface area contributed by atoms with Crippen molar-refractivity contribution in [3.8, 4) is 5.75 Å². The maximum atomic E-state index is 12.8. The number of carbonyl (C=O) groups excluding carboxylic acids is 2. The Kier molecular flexibility index (Phi) is 6.66. The predicted molar refractivity (Wildman–Crippen MR) is 125 cm³/mol. The Hall–Kier alpha value is -2.73. The van der Waals surface area contributed by atoms with Gasteiger partial charge < -0.3 is 4.74 Å². The maximum absolute atomic E-state index is 12.8. The molecule has 0 bridgehead atoms. The third-order valence-corrected chi connectivity index (χ3v) is 6.25. The minimum Gasteiger partial charge on any atom is -0.489 e. The topological polar surface area (TPSA) is 46.6 Å². The highest BCUT2D eigenvalue weighted by atomic mass is 35.5. The summed E-state index contributed by atoms with van der Waals surface area (Å²) in [6.07, 6.45) is 1.70. The van der Waals surface area contributed by atoms with Gasteiger partial charge >= 0.3 is 0 Å². The van der Waals surface area contributed by atoms with Crippen molar-refractivity contribution >= 4 is 52.2 Å². The summed E-state index contributed by atoms with van der Waals surface area (Å²) in [5.74, 6) is 0.351. The Bertz CT molecular complexity index is 1160. The van der Waals surface area contributed by atoms with Crippen LogP contribution in [-0.4, -0.2) is 16.0 Å². The van der Waals surface area contributed by atoms with E-state index in [4.69, 9.17) is 27.9 Å². The fourth-order valence-corrected chi connectivity index (χ4v) is 4.20. The molecule has 0 radical (unpaired) electrons. The number of nitrogens with zero attached hydrogens (tertiary/aromatic N) is 1. The average Bonchev–Trinajstić information content (AvgIpc) is 3.03. The summed E-state index contributed by atoms with van der Waals surface area (Å²) in [5, 5.41) is 0.488. The van der Waals surface area contributed by atoms with Crippen LogP contribution in [0.1, 0.15) is 16.7 Å². The first-order valence-corrected chi connectivity index (χ1v) is 11.0. The van der Waals surface area contributed by atoms with Crippen molar-refractivity contribution < 1.29 is 14.3 Å². The van der Waals surface area contributed by atoms with E-state index in [2.05, 4.69) is 0 Å². The molecular formula is C24H17Cl2NO3S. The summed E-state index contributed by atoms with van der Waals surface area (Å²) in [4.78, 5) is 26.8. The van der Waals surface area contributed by atoms with E-state index >= 15 is 0 Å². The molecule has 7 heteroatoms. The third kappa shape index (κ3) is 5.31. The van der Waals surface area contributed by atoms with Gasteiger partial charge in [-0.05, 0) is 58.8 Å². The summed E-state index contributed by atoms with van der Waals surface area (Å²) in [6.45, 7) is 0.587. The molecule has 1 saturated heterocycles. The molecule has 1 aliphatic heterocycles. The van der Waals surface area contributed by atoms with Gasteiger partial charge in [0.15, 0.2) is 0 Å². The van der Waals surface area contributed by atoms with Crippen molar-refractivity contribution in [3.05, 3.63) is 104 Å². The number of halogens is 2. The first-order chi connectivity index (χ1) is 15.0. The van der Waals surface area contributed by atoms with Gasteiger partial charge in [0.05, 0.1) is 21.5 Å². The fourth-order valence-electron chi connectivity index (χ4n) is 3.04. The molecule has 156 valence electrons. The number of rotatable bonds is 6. The van der Waals surface area contributed by atoms with Gasteiger partial charge in [0.25, 0.3) is 11.1 Å². The number of ether oxygens (including phenoxy) is 1. The lowest BCUT2D eigenvalue weighted by molar-refractivity contribution is -0.123. The van der Waals surface area contributed by atoms with Gasteiger partial charge in [-0.2, -0.15) is 0 Å². The molecule has 0 aromatic heterocycles. The van der Waals surface area contributed by atoms with Gasteiger partial charge in [-0.25, -0.2) is 0 Å². The highest BCUT2D eigenvalue weighted by Gasteiger charge is 2.35. The molecule has 1 fully saturated rings. The normalized spacial score (nSPS) is 15.0. The minimum atomic E-state index is -0.336. The molecular weight excluding hydrogens is 453 g/mol. The second kappa shape index (κ2) is 9.60. The first-order valence-electron chi connectivity index (χ1n) is 9.46. The molecule has 4 rings (SSSR count). The molecule has 0 unspecified atom stereocenters. The van der Waals surface area contributed by atoms with Crippen LogP contribution < -0.4 is 4.74 Å².